The number of fused-ring (bicyclic) bond motifs is 1. The Morgan fingerprint density at radius 2 is 2.04 bits per heavy atom. The van der Waals surface area contributed by atoms with E-state index in [1.54, 1.807) is 0 Å². The van der Waals surface area contributed by atoms with Gasteiger partial charge in [-0.05, 0) is 30.4 Å². The van der Waals surface area contributed by atoms with Crippen molar-refractivity contribution >= 4 is 23.6 Å². The van der Waals surface area contributed by atoms with Gasteiger partial charge in [-0.1, -0.05) is 45.0 Å². The molecule has 0 spiro atoms. The molecule has 0 heterocycles. The fraction of sp³-hybridized carbons (Fsp3) is 0.556. The molecule has 126 valence electrons. The Balaban J connectivity index is 1.79. The first-order valence-electron chi connectivity index (χ1n) is 8.02. The topological polar surface area (TPSA) is 55.4 Å². The molecule has 23 heavy (non-hydrogen) atoms. The lowest BCUT2D eigenvalue weighted by molar-refractivity contribution is -0.146. The number of benzene rings is 1. The van der Waals surface area contributed by atoms with Crippen LogP contribution in [0.5, 0.6) is 0 Å². The van der Waals surface area contributed by atoms with Crippen molar-refractivity contribution < 1.29 is 14.3 Å². The van der Waals surface area contributed by atoms with Crippen molar-refractivity contribution in [2.24, 2.45) is 0 Å². The van der Waals surface area contributed by atoms with Crippen LogP contribution in [0.15, 0.2) is 24.3 Å². The van der Waals surface area contributed by atoms with Gasteiger partial charge in [0.05, 0.1) is 11.8 Å². The van der Waals surface area contributed by atoms with E-state index in [2.05, 4.69) is 17.4 Å². The first kappa shape index (κ1) is 17.9. The number of carbonyl (C=O) groups is 2. The molecule has 0 radical (unpaired) electrons. The summed E-state index contributed by atoms with van der Waals surface area (Å²) in [5, 5.41) is 2.98. The van der Waals surface area contributed by atoms with Gasteiger partial charge in [-0.3, -0.25) is 9.59 Å². The van der Waals surface area contributed by atoms with E-state index in [1.807, 2.05) is 32.9 Å². The number of rotatable bonds is 5. The normalized spacial score (nSPS) is 17.3. The highest BCUT2D eigenvalue weighted by Gasteiger charge is 2.22. The molecule has 0 fully saturated rings. The smallest absolute Gasteiger partial charge is 0.316 e. The second kappa shape index (κ2) is 7.86. The standard InChI is InChI=1S/C18H25NO3S/c1-18(2,3)23-12-17(21)22-11-16(20)19-15-10-6-8-13-7-4-5-9-14(13)15/h4-5,7,9,15H,6,8,10-12H2,1-3H3,(H,19,20)/t15-/m0/s1. The summed E-state index contributed by atoms with van der Waals surface area (Å²) in [6.45, 7) is 5.91. The molecule has 1 aliphatic rings. The number of aryl methyl sites for hydroxylation is 1. The lowest BCUT2D eigenvalue weighted by atomic mass is 9.88. The molecule has 0 bridgehead atoms. The van der Waals surface area contributed by atoms with Crippen LogP contribution in [0.3, 0.4) is 0 Å². The first-order valence-corrected chi connectivity index (χ1v) is 9.00. The summed E-state index contributed by atoms with van der Waals surface area (Å²) in [5.41, 5.74) is 2.48. The predicted octanol–water partition coefficient (Wildman–Crippen LogP) is 3.26. The van der Waals surface area contributed by atoms with Crippen LogP contribution in [-0.2, 0) is 20.7 Å². The second-order valence-corrected chi connectivity index (χ2v) is 8.57. The van der Waals surface area contributed by atoms with Crippen molar-refractivity contribution in [2.45, 2.75) is 50.8 Å². The SMILES string of the molecule is CC(C)(C)SCC(=O)OCC(=O)N[C@H]1CCCc2ccccc21. The van der Waals surface area contributed by atoms with Gasteiger partial charge >= 0.3 is 5.97 Å². The molecular formula is C18H25NO3S. The Morgan fingerprint density at radius 1 is 1.30 bits per heavy atom. The van der Waals surface area contributed by atoms with Gasteiger partial charge < -0.3 is 10.1 Å². The quantitative estimate of drug-likeness (QED) is 0.839. The molecule has 1 atom stereocenters. The fourth-order valence-electron chi connectivity index (χ4n) is 2.60. The van der Waals surface area contributed by atoms with E-state index < -0.39 is 0 Å². The molecule has 0 saturated carbocycles. The lowest BCUT2D eigenvalue weighted by Gasteiger charge is -2.26. The third kappa shape index (κ3) is 5.90. The minimum atomic E-state index is -0.343. The molecule has 1 aliphatic carbocycles. The van der Waals surface area contributed by atoms with Crippen molar-refractivity contribution in [2.75, 3.05) is 12.4 Å². The largest absolute Gasteiger partial charge is 0.455 e. The number of amides is 1. The molecule has 4 nitrogen and oxygen atoms in total. The third-order valence-electron chi connectivity index (χ3n) is 3.69. The fourth-order valence-corrected chi connectivity index (χ4v) is 3.24. The van der Waals surface area contributed by atoms with Gasteiger partial charge in [-0.25, -0.2) is 0 Å². The molecule has 5 heteroatoms. The maximum atomic E-state index is 12.0. The first-order chi connectivity index (χ1) is 10.8. The van der Waals surface area contributed by atoms with Gasteiger partial charge in [0.15, 0.2) is 6.61 Å². The Kier molecular flexibility index (Phi) is 6.10. The van der Waals surface area contributed by atoms with Gasteiger partial charge in [-0.2, -0.15) is 0 Å². The number of nitrogens with one attached hydrogen (secondary N) is 1. The molecule has 0 unspecified atom stereocenters. The van der Waals surface area contributed by atoms with Crippen LogP contribution in [0, 0.1) is 0 Å². The maximum absolute atomic E-state index is 12.0. The van der Waals surface area contributed by atoms with E-state index in [9.17, 15) is 9.59 Å². The molecular weight excluding hydrogens is 310 g/mol. The van der Waals surface area contributed by atoms with Gasteiger partial charge in [0, 0.05) is 4.75 Å². The average molecular weight is 335 g/mol. The van der Waals surface area contributed by atoms with Crippen LogP contribution in [0.1, 0.15) is 50.8 Å². The lowest BCUT2D eigenvalue weighted by Crippen LogP contribution is -2.34. The number of ether oxygens (including phenoxy) is 1. The number of thioether (sulfide) groups is 1. The highest BCUT2D eigenvalue weighted by atomic mass is 32.2. The minimum absolute atomic E-state index is 0.00703. The minimum Gasteiger partial charge on any atom is -0.455 e. The van der Waals surface area contributed by atoms with Crippen LogP contribution in [0.2, 0.25) is 0 Å². The van der Waals surface area contributed by atoms with E-state index >= 15 is 0 Å². The molecule has 0 aromatic heterocycles. The van der Waals surface area contributed by atoms with Crippen molar-refractivity contribution in [3.8, 4) is 0 Å². The average Bonchev–Trinajstić information content (AvgIpc) is 2.50. The summed E-state index contributed by atoms with van der Waals surface area (Å²) in [6, 6.07) is 8.21. The summed E-state index contributed by atoms with van der Waals surface area (Å²) in [7, 11) is 0. The van der Waals surface area contributed by atoms with Crippen LogP contribution >= 0.6 is 11.8 Å². The summed E-state index contributed by atoms with van der Waals surface area (Å²) >= 11 is 1.51. The summed E-state index contributed by atoms with van der Waals surface area (Å²) in [5.74, 6) is -0.312. The molecule has 1 aromatic carbocycles. The second-order valence-electron chi connectivity index (χ2n) is 6.77. The number of hydrogen-bond donors (Lipinski definition) is 1. The van der Waals surface area contributed by atoms with Crippen LogP contribution in [0.4, 0.5) is 0 Å². The molecule has 0 saturated heterocycles. The van der Waals surface area contributed by atoms with Crippen LogP contribution in [-0.4, -0.2) is 29.0 Å². The van der Waals surface area contributed by atoms with Crippen molar-refractivity contribution in [1.29, 1.82) is 0 Å². The molecule has 1 N–H and O–H groups in total. The number of carbonyl (C=O) groups excluding carboxylic acids is 2. The van der Waals surface area contributed by atoms with E-state index in [4.69, 9.17) is 4.74 Å². The number of hydrogen-bond acceptors (Lipinski definition) is 4. The van der Waals surface area contributed by atoms with Crippen molar-refractivity contribution in [1.82, 2.24) is 5.32 Å². The Labute approximate surface area is 142 Å². The molecule has 1 amide bonds. The van der Waals surface area contributed by atoms with Gasteiger partial charge in [0.1, 0.15) is 0 Å². The van der Waals surface area contributed by atoms with E-state index in [-0.39, 0.29) is 35.0 Å². The van der Waals surface area contributed by atoms with Gasteiger partial charge in [-0.15, -0.1) is 11.8 Å². The zero-order valence-electron chi connectivity index (χ0n) is 14.1. The van der Waals surface area contributed by atoms with Crippen LogP contribution < -0.4 is 5.32 Å². The predicted molar refractivity (Wildman–Crippen MR) is 93.4 cm³/mol. The Morgan fingerprint density at radius 3 is 2.78 bits per heavy atom. The van der Waals surface area contributed by atoms with E-state index in [1.165, 1.54) is 22.9 Å². The zero-order valence-corrected chi connectivity index (χ0v) is 14.9. The molecule has 2 rings (SSSR count). The highest BCUT2D eigenvalue weighted by Crippen LogP contribution is 2.29. The van der Waals surface area contributed by atoms with Crippen molar-refractivity contribution in [3.63, 3.8) is 0 Å². The Hall–Kier alpha value is -1.49. The highest BCUT2D eigenvalue weighted by molar-refractivity contribution is 8.01. The maximum Gasteiger partial charge on any atom is 0.316 e. The monoisotopic (exact) mass is 335 g/mol. The molecule has 0 aliphatic heterocycles. The Bertz CT molecular complexity index is 566. The molecule has 1 aromatic rings. The summed E-state index contributed by atoms with van der Waals surface area (Å²) < 4.78 is 5.06. The number of esters is 1. The third-order valence-corrected chi connectivity index (χ3v) is 4.94. The summed E-state index contributed by atoms with van der Waals surface area (Å²) in [6.07, 6.45) is 3.04. The van der Waals surface area contributed by atoms with Gasteiger partial charge in [0.25, 0.3) is 5.91 Å². The van der Waals surface area contributed by atoms with Crippen molar-refractivity contribution in [3.05, 3.63) is 35.4 Å². The van der Waals surface area contributed by atoms with Crippen LogP contribution in [0.25, 0.3) is 0 Å². The van der Waals surface area contributed by atoms with E-state index in [0.717, 1.165) is 19.3 Å². The summed E-state index contributed by atoms with van der Waals surface area (Å²) in [4.78, 5) is 23.7. The van der Waals surface area contributed by atoms with E-state index in [0.29, 0.717) is 0 Å². The zero-order chi connectivity index (χ0) is 16.9. The van der Waals surface area contributed by atoms with Gasteiger partial charge in [0.2, 0.25) is 0 Å².